The molecule has 0 aromatic heterocycles. The van der Waals surface area contributed by atoms with E-state index in [4.69, 9.17) is 0 Å². The first-order valence-electron chi connectivity index (χ1n) is 11.5. The molecule has 4 unspecified atom stereocenters. The predicted octanol–water partition coefficient (Wildman–Crippen LogP) is 5.66. The van der Waals surface area contributed by atoms with Crippen LogP contribution >= 0.6 is 15.9 Å². The molecule has 2 aromatic carbocycles. The minimum Gasteiger partial charge on any atom is -0.359 e. The monoisotopic (exact) mass is 520 g/mol. The summed E-state index contributed by atoms with van der Waals surface area (Å²) in [5, 5.41) is 29.5. The van der Waals surface area contributed by atoms with Crippen molar-refractivity contribution in [2.45, 2.75) is 30.8 Å². The zero-order valence-corrected chi connectivity index (χ0v) is 20.4. The Bertz CT molecular complexity index is 1370. The van der Waals surface area contributed by atoms with Crippen molar-refractivity contribution in [3.8, 4) is 18.2 Å². The van der Waals surface area contributed by atoms with Crippen LogP contribution in [0.15, 0.2) is 88.6 Å². The van der Waals surface area contributed by atoms with E-state index < -0.39 is 6.04 Å². The highest BCUT2D eigenvalue weighted by Crippen LogP contribution is 2.53. The Hall–Kier alpha value is -3.92. The molecule has 0 spiro atoms. The first kappa shape index (κ1) is 22.9. The molecule has 3 aliphatic rings. The Kier molecular flexibility index (Phi) is 6.12. The van der Waals surface area contributed by atoms with Crippen LogP contribution < -0.4 is 0 Å². The highest BCUT2D eigenvalue weighted by Gasteiger charge is 2.55. The summed E-state index contributed by atoms with van der Waals surface area (Å²) in [6.45, 7) is 0. The Morgan fingerprint density at radius 2 is 1.66 bits per heavy atom. The summed E-state index contributed by atoms with van der Waals surface area (Å²) in [7, 11) is 0. The molecule has 0 N–H and O–H groups in total. The summed E-state index contributed by atoms with van der Waals surface area (Å²) in [5.74, 6) is -0.463. The number of ketones is 1. The number of rotatable bonds is 5. The van der Waals surface area contributed by atoms with Crippen molar-refractivity contribution in [1.82, 2.24) is 4.90 Å². The molecule has 1 aliphatic carbocycles. The highest BCUT2D eigenvalue weighted by molar-refractivity contribution is 9.10. The normalized spacial score (nSPS) is 24.4. The van der Waals surface area contributed by atoms with E-state index in [0.29, 0.717) is 11.1 Å². The summed E-state index contributed by atoms with van der Waals surface area (Å²) < 4.78 is 0.929. The Morgan fingerprint density at radius 3 is 2.26 bits per heavy atom. The third kappa shape index (κ3) is 4.10. The molecule has 1 saturated heterocycles. The van der Waals surface area contributed by atoms with Crippen molar-refractivity contribution in [2.24, 2.45) is 11.8 Å². The molecule has 2 aromatic rings. The van der Waals surface area contributed by atoms with Crippen LogP contribution in [0.1, 0.15) is 29.9 Å². The zero-order chi connectivity index (χ0) is 24.5. The molecule has 170 valence electrons. The van der Waals surface area contributed by atoms with E-state index in [0.717, 1.165) is 28.4 Å². The van der Waals surface area contributed by atoms with Gasteiger partial charge in [-0.3, -0.25) is 4.79 Å². The zero-order valence-electron chi connectivity index (χ0n) is 18.8. The Morgan fingerprint density at radius 1 is 0.971 bits per heavy atom. The van der Waals surface area contributed by atoms with E-state index in [2.05, 4.69) is 34.1 Å². The predicted molar refractivity (Wildman–Crippen MR) is 135 cm³/mol. The van der Waals surface area contributed by atoms with Gasteiger partial charge < -0.3 is 4.90 Å². The minimum atomic E-state index is -0.496. The number of nitrogens with zero attached hydrogens (tertiary/aromatic N) is 4. The molecule has 2 fully saturated rings. The van der Waals surface area contributed by atoms with Gasteiger partial charge in [0.25, 0.3) is 0 Å². The van der Waals surface area contributed by atoms with Gasteiger partial charge in [-0.25, -0.2) is 0 Å². The summed E-state index contributed by atoms with van der Waals surface area (Å²) in [6, 6.07) is 23.1. The fourth-order valence-electron chi connectivity index (χ4n) is 5.45. The van der Waals surface area contributed by atoms with Gasteiger partial charge in [0.15, 0.2) is 5.78 Å². The summed E-state index contributed by atoms with van der Waals surface area (Å²) in [5.41, 5.74) is 2.93. The van der Waals surface area contributed by atoms with Crippen molar-refractivity contribution in [3.05, 3.63) is 99.7 Å². The van der Waals surface area contributed by atoms with Gasteiger partial charge in [-0.1, -0.05) is 64.5 Å². The molecule has 2 heterocycles. The first-order chi connectivity index (χ1) is 17.1. The van der Waals surface area contributed by atoms with Gasteiger partial charge in [0.05, 0.1) is 17.7 Å². The topological polar surface area (TPSA) is 91.7 Å². The van der Waals surface area contributed by atoms with Gasteiger partial charge in [0.2, 0.25) is 0 Å². The van der Waals surface area contributed by atoms with Crippen LogP contribution in [0, 0.1) is 45.8 Å². The number of hydrogen-bond acceptors (Lipinski definition) is 5. The number of halogens is 1. The summed E-state index contributed by atoms with van der Waals surface area (Å²) in [6.07, 6.45) is 7.25. The molecule has 4 atom stereocenters. The minimum absolute atomic E-state index is 0.0118. The SMILES string of the molecule is N#CC1=CN2C(C=C1)C(C(=C(C#N)C#N)c1ccccc1)C(c1ccc(Br)cc1)C2C(=O)C1CC1. The molecule has 5 rings (SSSR count). The quantitative estimate of drug-likeness (QED) is 0.474. The van der Waals surface area contributed by atoms with Crippen LogP contribution in [0.4, 0.5) is 0 Å². The van der Waals surface area contributed by atoms with Crippen LogP contribution in [0.25, 0.3) is 5.57 Å². The van der Waals surface area contributed by atoms with Crippen molar-refractivity contribution in [1.29, 1.82) is 15.8 Å². The number of nitriles is 3. The van der Waals surface area contributed by atoms with Crippen molar-refractivity contribution in [2.75, 3.05) is 0 Å². The van der Waals surface area contributed by atoms with Gasteiger partial charge in [0.1, 0.15) is 23.8 Å². The number of carbonyl (C=O) groups excluding carboxylic acids is 1. The van der Waals surface area contributed by atoms with Crippen molar-refractivity contribution in [3.63, 3.8) is 0 Å². The standard InChI is InChI=1S/C29H21BrN4O/c30-23-11-9-20(10-12-23)26-27(25(22(15-32)16-33)19-4-2-1-3-5-19)24-13-6-18(14-31)17-34(24)28(26)29(35)21-7-8-21/h1-6,9-13,17,21,24,26-28H,7-8H2. The van der Waals surface area contributed by atoms with Crippen LogP contribution in [0.5, 0.6) is 0 Å². The maximum atomic E-state index is 13.8. The summed E-state index contributed by atoms with van der Waals surface area (Å²) in [4.78, 5) is 15.8. The van der Waals surface area contributed by atoms with Gasteiger partial charge in [-0.2, -0.15) is 15.8 Å². The number of allylic oxidation sites excluding steroid dienone is 3. The fraction of sp³-hybridized carbons (Fsp3) is 0.241. The van der Waals surface area contributed by atoms with Crippen LogP contribution in [-0.4, -0.2) is 22.8 Å². The van der Waals surface area contributed by atoms with E-state index >= 15 is 0 Å². The second-order valence-corrected chi connectivity index (χ2v) is 10.0. The lowest BCUT2D eigenvalue weighted by Crippen LogP contribution is -2.40. The molecule has 5 nitrogen and oxygen atoms in total. The summed E-state index contributed by atoms with van der Waals surface area (Å²) >= 11 is 3.51. The van der Waals surface area contributed by atoms with Gasteiger partial charge in [0, 0.05) is 28.4 Å². The van der Waals surface area contributed by atoms with Crippen LogP contribution in [0.2, 0.25) is 0 Å². The van der Waals surface area contributed by atoms with E-state index in [9.17, 15) is 20.6 Å². The maximum Gasteiger partial charge on any atom is 0.158 e. The van der Waals surface area contributed by atoms with Gasteiger partial charge >= 0.3 is 0 Å². The van der Waals surface area contributed by atoms with Crippen LogP contribution in [0.3, 0.4) is 0 Å². The molecular formula is C29H21BrN4O. The van der Waals surface area contributed by atoms with Crippen molar-refractivity contribution < 1.29 is 4.79 Å². The highest BCUT2D eigenvalue weighted by atomic mass is 79.9. The number of hydrogen-bond donors (Lipinski definition) is 0. The molecule has 0 amide bonds. The molecule has 1 saturated carbocycles. The number of fused-ring (bicyclic) bond motifs is 1. The van der Waals surface area contributed by atoms with E-state index in [1.165, 1.54) is 0 Å². The van der Waals surface area contributed by atoms with Crippen LogP contribution in [-0.2, 0) is 4.79 Å². The second kappa shape index (κ2) is 9.38. The Labute approximate surface area is 213 Å². The molecular weight excluding hydrogens is 500 g/mol. The largest absolute Gasteiger partial charge is 0.359 e. The third-order valence-electron chi connectivity index (χ3n) is 7.09. The smallest absolute Gasteiger partial charge is 0.158 e. The van der Waals surface area contributed by atoms with Crippen molar-refractivity contribution >= 4 is 27.3 Å². The molecule has 2 aliphatic heterocycles. The fourth-order valence-corrected chi connectivity index (χ4v) is 5.71. The molecule has 35 heavy (non-hydrogen) atoms. The van der Waals surface area contributed by atoms with E-state index in [-0.39, 0.29) is 35.2 Å². The lowest BCUT2D eigenvalue weighted by molar-refractivity contribution is -0.124. The lowest BCUT2D eigenvalue weighted by Gasteiger charge is -2.31. The van der Waals surface area contributed by atoms with Gasteiger partial charge in [-0.15, -0.1) is 0 Å². The molecule has 0 bridgehead atoms. The first-order valence-corrected chi connectivity index (χ1v) is 12.3. The number of benzene rings is 2. The number of carbonyl (C=O) groups is 1. The molecule has 6 heteroatoms. The van der Waals surface area contributed by atoms with Gasteiger partial charge in [-0.05, 0) is 47.8 Å². The third-order valence-corrected chi connectivity index (χ3v) is 7.62. The maximum absolute atomic E-state index is 13.8. The van der Waals surface area contributed by atoms with E-state index in [1.807, 2.05) is 65.6 Å². The van der Waals surface area contributed by atoms with E-state index in [1.54, 1.807) is 12.3 Å². The lowest BCUT2D eigenvalue weighted by atomic mass is 9.73. The average Bonchev–Trinajstić information content (AvgIpc) is 3.70. The average molecular weight is 521 g/mol. The Balaban J connectivity index is 1.78. The molecule has 0 radical (unpaired) electrons. The second-order valence-electron chi connectivity index (χ2n) is 9.10. The number of Topliss-reactive ketones (excluding diaryl/α,β-unsaturated/α-hetero) is 1.